The Hall–Kier alpha value is -1.98. The van der Waals surface area contributed by atoms with Crippen molar-refractivity contribution in [1.29, 1.82) is 0 Å². The first-order chi connectivity index (χ1) is 10.8. The highest BCUT2D eigenvalue weighted by molar-refractivity contribution is 5.34. The second-order valence-corrected chi connectivity index (χ2v) is 6.14. The summed E-state index contributed by atoms with van der Waals surface area (Å²) in [7, 11) is 0. The number of nitrogens with zero attached hydrogens (tertiary/aromatic N) is 4. The van der Waals surface area contributed by atoms with Crippen LogP contribution in [0.25, 0.3) is 0 Å². The summed E-state index contributed by atoms with van der Waals surface area (Å²) in [5.74, 6) is 2.66. The number of nitrogens with two attached hydrogens (primary N) is 1. The van der Waals surface area contributed by atoms with Gasteiger partial charge in [-0.3, -0.25) is 9.36 Å². The van der Waals surface area contributed by atoms with Gasteiger partial charge in [0.1, 0.15) is 11.6 Å². The van der Waals surface area contributed by atoms with Gasteiger partial charge in [0.15, 0.2) is 0 Å². The van der Waals surface area contributed by atoms with Crippen LogP contribution < -0.4 is 11.1 Å². The minimum absolute atomic E-state index is 0.469. The molecule has 0 aliphatic heterocycles. The van der Waals surface area contributed by atoms with E-state index in [4.69, 9.17) is 5.73 Å². The monoisotopic (exact) mass is 322 g/mol. The number of rotatable bonds is 4. The molecule has 0 fully saturated rings. The zero-order valence-electron chi connectivity index (χ0n) is 15.7. The first-order valence-corrected chi connectivity index (χ1v) is 8.37. The van der Waals surface area contributed by atoms with Crippen molar-refractivity contribution in [3.63, 3.8) is 0 Å². The minimum Gasteiger partial charge on any atom is -0.384 e. The van der Waals surface area contributed by atoms with Gasteiger partial charge in [-0.1, -0.05) is 20.8 Å². The van der Waals surface area contributed by atoms with Gasteiger partial charge < -0.3 is 11.1 Å². The largest absolute Gasteiger partial charge is 0.384 e. The molecule has 23 heavy (non-hydrogen) atoms. The van der Waals surface area contributed by atoms with Crippen molar-refractivity contribution in [3.8, 4) is 0 Å². The molecule has 0 aromatic carbocycles. The fourth-order valence-corrected chi connectivity index (χ4v) is 1.61. The van der Waals surface area contributed by atoms with Crippen LogP contribution in [-0.4, -0.2) is 25.6 Å². The summed E-state index contributed by atoms with van der Waals surface area (Å²) in [4.78, 5) is 0. The summed E-state index contributed by atoms with van der Waals surface area (Å²) in [6, 6.07) is 4.24. The molecule has 0 amide bonds. The average molecular weight is 323 g/mol. The van der Waals surface area contributed by atoms with E-state index in [2.05, 4.69) is 57.1 Å². The molecule has 6 nitrogen and oxygen atoms in total. The van der Waals surface area contributed by atoms with E-state index < -0.39 is 0 Å². The zero-order chi connectivity index (χ0) is 17.8. The van der Waals surface area contributed by atoms with Crippen LogP contribution in [-0.2, 0) is 13.1 Å². The van der Waals surface area contributed by atoms with Gasteiger partial charge in [-0.05, 0) is 39.7 Å². The van der Waals surface area contributed by atoms with Gasteiger partial charge in [-0.2, -0.15) is 10.2 Å². The van der Waals surface area contributed by atoms with Gasteiger partial charge in [-0.15, -0.1) is 0 Å². The van der Waals surface area contributed by atoms with Crippen LogP contribution in [0.3, 0.4) is 0 Å². The highest BCUT2D eigenvalue weighted by Gasteiger charge is 1.99. The molecule has 0 saturated heterocycles. The highest BCUT2D eigenvalue weighted by atomic mass is 15.3. The second kappa shape index (κ2) is 11.6. The van der Waals surface area contributed by atoms with E-state index in [-0.39, 0.29) is 0 Å². The third-order valence-corrected chi connectivity index (χ3v) is 2.50. The van der Waals surface area contributed by atoms with Crippen LogP contribution in [0.5, 0.6) is 0 Å². The predicted molar refractivity (Wildman–Crippen MR) is 99.5 cm³/mol. The number of hydrogen-bond acceptors (Lipinski definition) is 4. The smallest absolute Gasteiger partial charge is 0.124 e. The molecule has 0 saturated carbocycles. The Labute approximate surface area is 141 Å². The molecule has 6 heteroatoms. The van der Waals surface area contributed by atoms with Crippen molar-refractivity contribution in [2.24, 2.45) is 5.92 Å². The molecule has 0 radical (unpaired) electrons. The fraction of sp³-hybridized carbons (Fsp3) is 0.647. The van der Waals surface area contributed by atoms with Crippen LogP contribution in [0, 0.1) is 5.92 Å². The summed E-state index contributed by atoms with van der Waals surface area (Å²) in [5, 5.41) is 11.4. The van der Waals surface area contributed by atoms with E-state index in [0.29, 0.717) is 6.04 Å². The van der Waals surface area contributed by atoms with Gasteiger partial charge in [0, 0.05) is 25.2 Å². The van der Waals surface area contributed by atoms with Crippen molar-refractivity contribution < 1.29 is 0 Å². The van der Waals surface area contributed by atoms with E-state index in [0.717, 1.165) is 30.6 Å². The lowest BCUT2D eigenvalue weighted by atomic mass is 10.3. The van der Waals surface area contributed by atoms with Crippen LogP contribution >= 0.6 is 0 Å². The molecular weight excluding hydrogens is 288 g/mol. The Kier molecular flexibility index (Phi) is 10.6. The lowest BCUT2D eigenvalue weighted by Gasteiger charge is -2.10. The summed E-state index contributed by atoms with van der Waals surface area (Å²) >= 11 is 0. The molecule has 3 N–H and O–H groups in total. The maximum atomic E-state index is 5.45. The van der Waals surface area contributed by atoms with Crippen LogP contribution in [0.15, 0.2) is 24.5 Å². The quantitative estimate of drug-likeness (QED) is 0.896. The highest BCUT2D eigenvalue weighted by Crippen LogP contribution is 2.06. The molecule has 0 bridgehead atoms. The van der Waals surface area contributed by atoms with Crippen molar-refractivity contribution >= 4 is 11.6 Å². The topological polar surface area (TPSA) is 73.7 Å². The van der Waals surface area contributed by atoms with Crippen LogP contribution in [0.4, 0.5) is 11.6 Å². The van der Waals surface area contributed by atoms with Gasteiger partial charge >= 0.3 is 0 Å². The normalized spacial score (nSPS) is 9.96. The SMILES string of the molecule is CC(C)C.CCn1nccc1N.CCn1nccc1NC(C)C. The Morgan fingerprint density at radius 3 is 1.78 bits per heavy atom. The van der Waals surface area contributed by atoms with Crippen molar-refractivity contribution in [3.05, 3.63) is 24.5 Å². The number of nitrogens with one attached hydrogen (secondary N) is 1. The number of anilines is 2. The van der Waals surface area contributed by atoms with Crippen molar-refractivity contribution in [2.45, 2.75) is 67.6 Å². The molecule has 0 aliphatic carbocycles. The van der Waals surface area contributed by atoms with Gasteiger partial charge in [0.05, 0.1) is 12.4 Å². The Balaban J connectivity index is 0.000000354. The van der Waals surface area contributed by atoms with Crippen LogP contribution in [0.1, 0.15) is 48.5 Å². The third-order valence-electron chi connectivity index (χ3n) is 2.50. The number of aromatic nitrogens is 4. The Morgan fingerprint density at radius 2 is 1.43 bits per heavy atom. The second-order valence-electron chi connectivity index (χ2n) is 6.14. The fourth-order valence-electron chi connectivity index (χ4n) is 1.61. The van der Waals surface area contributed by atoms with E-state index in [1.54, 1.807) is 16.9 Å². The first kappa shape index (κ1) is 21.0. The molecular formula is C17H34N6. The number of nitrogen functional groups attached to an aromatic ring is 1. The van der Waals surface area contributed by atoms with Crippen molar-refractivity contribution in [1.82, 2.24) is 19.6 Å². The molecule has 2 rings (SSSR count). The van der Waals surface area contributed by atoms with E-state index >= 15 is 0 Å². The predicted octanol–water partition coefficient (Wildman–Crippen LogP) is 3.87. The molecule has 0 spiro atoms. The minimum atomic E-state index is 0.469. The molecule has 2 heterocycles. The van der Waals surface area contributed by atoms with E-state index in [9.17, 15) is 0 Å². The first-order valence-electron chi connectivity index (χ1n) is 8.37. The summed E-state index contributed by atoms with van der Waals surface area (Å²) in [5.41, 5.74) is 5.45. The molecule has 2 aromatic rings. The molecule has 0 atom stereocenters. The number of aryl methyl sites for hydroxylation is 2. The molecule has 2 aromatic heterocycles. The van der Waals surface area contributed by atoms with E-state index in [1.165, 1.54) is 0 Å². The Morgan fingerprint density at radius 1 is 0.957 bits per heavy atom. The lowest BCUT2D eigenvalue weighted by molar-refractivity contribution is 0.658. The lowest BCUT2D eigenvalue weighted by Crippen LogP contribution is -2.13. The third kappa shape index (κ3) is 9.60. The molecule has 132 valence electrons. The van der Waals surface area contributed by atoms with Crippen LogP contribution in [0.2, 0.25) is 0 Å². The van der Waals surface area contributed by atoms with Crippen molar-refractivity contribution in [2.75, 3.05) is 11.1 Å². The van der Waals surface area contributed by atoms with Gasteiger partial charge in [0.25, 0.3) is 0 Å². The average Bonchev–Trinajstić information content (AvgIpc) is 3.06. The van der Waals surface area contributed by atoms with Gasteiger partial charge in [0.2, 0.25) is 0 Å². The maximum absolute atomic E-state index is 5.45. The Bertz CT molecular complexity index is 510. The number of hydrogen-bond donors (Lipinski definition) is 2. The summed E-state index contributed by atoms with van der Waals surface area (Å²) < 4.78 is 3.68. The zero-order valence-corrected chi connectivity index (χ0v) is 15.7. The van der Waals surface area contributed by atoms with E-state index in [1.807, 2.05) is 23.9 Å². The summed E-state index contributed by atoms with van der Waals surface area (Å²) in [6.07, 6.45) is 3.51. The van der Waals surface area contributed by atoms with Gasteiger partial charge in [-0.25, -0.2) is 0 Å². The standard InChI is InChI=1S/C8H15N3.C5H9N3.C4H10/c1-4-11-8(5-6-9-11)10-7(2)3;1-2-8-5(6)3-4-7-8;1-4(2)3/h5-7,10H,4H2,1-3H3;3-4H,2,6H2,1H3;4H,1-3H3. The molecule has 0 aliphatic rings. The summed E-state index contributed by atoms with van der Waals surface area (Å²) in [6.45, 7) is 16.6. The maximum Gasteiger partial charge on any atom is 0.124 e. The molecule has 0 unspecified atom stereocenters.